The van der Waals surface area contributed by atoms with Crippen molar-refractivity contribution < 1.29 is 25.9 Å². The molecular formula is C7H13BrO2Zn. The molecule has 0 heterocycles. The van der Waals surface area contributed by atoms with Gasteiger partial charge < -0.3 is 11.7 Å². The van der Waals surface area contributed by atoms with Crippen LogP contribution >= 0.6 is 13.6 Å². The van der Waals surface area contributed by atoms with Crippen molar-refractivity contribution in [2.45, 2.75) is 32.8 Å². The van der Waals surface area contributed by atoms with Crippen molar-refractivity contribution >= 4 is 19.6 Å². The normalized spacial score (nSPS) is 9.73. The second-order valence-electron chi connectivity index (χ2n) is 2.84. The van der Waals surface area contributed by atoms with Gasteiger partial charge in [0.1, 0.15) is 5.60 Å². The molecule has 0 aliphatic heterocycles. The molecule has 0 spiro atoms. The number of hydrogen-bond donors (Lipinski definition) is 0. The summed E-state index contributed by atoms with van der Waals surface area (Å²) in [5, 5.41) is 0. The van der Waals surface area contributed by atoms with E-state index in [0.29, 0.717) is 0 Å². The summed E-state index contributed by atoms with van der Waals surface area (Å²) in [7, 11) is 0. The number of esters is 1. The summed E-state index contributed by atoms with van der Waals surface area (Å²) >= 11 is 4.25. The molecule has 0 rings (SSSR count). The number of hydrogen-bond acceptors (Lipinski definition) is 2. The molecule has 11 heavy (non-hydrogen) atoms. The van der Waals surface area contributed by atoms with Crippen LogP contribution in [0, 0.1) is 6.92 Å². The molecule has 0 N–H and O–H groups in total. The van der Waals surface area contributed by atoms with Crippen molar-refractivity contribution in [1.29, 1.82) is 0 Å². The van der Waals surface area contributed by atoms with E-state index in [1.165, 1.54) is 16.3 Å². The first kappa shape index (κ1) is 14.1. The fourth-order valence-electron chi connectivity index (χ4n) is 0.393. The molecule has 0 radical (unpaired) electrons. The van der Waals surface area contributed by atoms with Crippen LogP contribution in [0.4, 0.5) is 0 Å². The molecule has 0 aromatic heterocycles. The van der Waals surface area contributed by atoms with Gasteiger partial charge in [-0.05, 0) is 20.8 Å². The van der Waals surface area contributed by atoms with E-state index in [4.69, 9.17) is 4.74 Å². The van der Waals surface area contributed by atoms with Crippen LogP contribution in [0.25, 0.3) is 0 Å². The number of carbonyl (C=O) groups excluding carboxylic acids is 1. The molecule has 0 aliphatic carbocycles. The predicted octanol–water partition coefficient (Wildman–Crippen LogP) is 2.40. The number of carbonyl (C=O) groups is 1. The van der Waals surface area contributed by atoms with E-state index in [2.05, 4.69) is 20.5 Å². The van der Waals surface area contributed by atoms with Crippen LogP contribution in [0.5, 0.6) is 0 Å². The van der Waals surface area contributed by atoms with Crippen LogP contribution in [0.15, 0.2) is 0 Å². The van der Waals surface area contributed by atoms with Gasteiger partial charge in [-0.3, -0.25) is 4.79 Å². The zero-order chi connectivity index (χ0) is 9.49. The third-order valence-electron chi connectivity index (χ3n) is 0.624. The number of ether oxygens (including phenoxy) is 1. The van der Waals surface area contributed by atoms with Crippen molar-refractivity contribution in [3.05, 3.63) is 6.92 Å². The molecular weight excluding hydrogens is 261 g/mol. The van der Waals surface area contributed by atoms with E-state index in [-0.39, 0.29) is 18.0 Å². The van der Waals surface area contributed by atoms with Crippen LogP contribution < -0.4 is 0 Å². The first-order chi connectivity index (χ1) is 4.95. The van der Waals surface area contributed by atoms with Gasteiger partial charge in [0.2, 0.25) is 0 Å². The Morgan fingerprint density at radius 1 is 1.55 bits per heavy atom. The Balaban J connectivity index is 0. The van der Waals surface area contributed by atoms with Crippen LogP contribution in [-0.4, -0.2) is 11.6 Å². The molecule has 0 saturated heterocycles. The molecule has 0 saturated carbocycles. The maximum absolute atomic E-state index is 10.5. The Kier molecular flexibility index (Phi) is 9.29. The van der Waals surface area contributed by atoms with Crippen molar-refractivity contribution in [1.82, 2.24) is 0 Å². The summed E-state index contributed by atoms with van der Waals surface area (Å²) in [5.41, 5.74) is -0.366. The molecule has 0 bridgehead atoms. The van der Waals surface area contributed by atoms with Gasteiger partial charge in [-0.1, -0.05) is 6.42 Å². The Morgan fingerprint density at radius 3 is 2.00 bits per heavy atom. The number of rotatable bonds is 1. The van der Waals surface area contributed by atoms with E-state index in [9.17, 15) is 4.79 Å². The van der Waals surface area contributed by atoms with Gasteiger partial charge in [0, 0.05) is 0 Å². The summed E-state index contributed by atoms with van der Waals surface area (Å²) in [5.74, 6) is -0.248. The van der Waals surface area contributed by atoms with Gasteiger partial charge in [-0.2, -0.15) is 0 Å². The van der Waals surface area contributed by atoms with Gasteiger partial charge in [0.25, 0.3) is 5.97 Å². The molecule has 0 aromatic rings. The average molecular weight is 274 g/mol. The monoisotopic (exact) mass is 272 g/mol. The van der Waals surface area contributed by atoms with Gasteiger partial charge in [0.15, 0.2) is 0 Å². The summed E-state index contributed by atoms with van der Waals surface area (Å²) in [6.07, 6.45) is 0.206. The van der Waals surface area contributed by atoms with Crippen molar-refractivity contribution in [2.24, 2.45) is 0 Å². The van der Waals surface area contributed by atoms with Crippen LogP contribution in [0.2, 0.25) is 0 Å². The van der Waals surface area contributed by atoms with Crippen LogP contribution in [0.3, 0.4) is 0 Å². The zero-order valence-electron chi connectivity index (χ0n) is 7.32. The van der Waals surface area contributed by atoms with E-state index < -0.39 is 0 Å². The fourth-order valence-corrected chi connectivity index (χ4v) is 0.393. The van der Waals surface area contributed by atoms with E-state index >= 15 is 0 Å². The molecule has 0 atom stereocenters. The van der Waals surface area contributed by atoms with Crippen molar-refractivity contribution in [3.63, 3.8) is 0 Å². The molecule has 0 unspecified atom stereocenters. The number of halogens is 1. The summed E-state index contributed by atoms with van der Waals surface area (Å²) < 4.78 is 4.89. The molecule has 2 nitrogen and oxygen atoms in total. The summed E-state index contributed by atoms with van der Waals surface area (Å²) in [4.78, 5) is 10.5. The Bertz CT molecular complexity index is 109. The summed E-state index contributed by atoms with van der Waals surface area (Å²) in [6, 6.07) is 0. The third kappa shape index (κ3) is 13.5. The van der Waals surface area contributed by atoms with E-state index in [0.717, 1.165) is 0 Å². The molecule has 0 aromatic carbocycles. The SMILES string of the molecule is [CH2-]CC(=O)OC(C)(C)C.[Zn+][Br]. The average Bonchev–Trinajstić information content (AvgIpc) is 1.89. The quantitative estimate of drug-likeness (QED) is 0.417. The minimum absolute atomic E-state index is 0.206. The Labute approximate surface area is 85.1 Å². The third-order valence-corrected chi connectivity index (χ3v) is 0.624. The Morgan fingerprint density at radius 2 is 1.91 bits per heavy atom. The first-order valence-corrected chi connectivity index (χ1v) is 10.2. The molecule has 0 aliphatic rings. The van der Waals surface area contributed by atoms with Gasteiger partial charge in [0.05, 0.1) is 0 Å². The van der Waals surface area contributed by atoms with Crippen molar-refractivity contribution in [3.8, 4) is 0 Å². The molecule has 0 fully saturated rings. The van der Waals surface area contributed by atoms with Gasteiger partial charge in [-0.25, -0.2) is 0 Å². The van der Waals surface area contributed by atoms with Crippen molar-refractivity contribution in [2.75, 3.05) is 0 Å². The van der Waals surface area contributed by atoms with E-state index in [1.807, 2.05) is 20.8 Å². The van der Waals surface area contributed by atoms with Crippen LogP contribution in [0.1, 0.15) is 27.2 Å². The summed E-state index contributed by atoms with van der Waals surface area (Å²) in [6.45, 7) is 8.90. The topological polar surface area (TPSA) is 26.3 Å². The predicted molar refractivity (Wildman–Crippen MR) is 44.7 cm³/mol. The van der Waals surface area contributed by atoms with Crippen LogP contribution in [-0.2, 0) is 25.9 Å². The maximum atomic E-state index is 10.5. The van der Waals surface area contributed by atoms with Gasteiger partial charge >= 0.3 is 30.0 Å². The molecule has 0 amide bonds. The molecule has 62 valence electrons. The Hall–Kier alpha value is 0.573. The zero-order valence-corrected chi connectivity index (χ0v) is 11.9. The minimum atomic E-state index is -0.366. The second kappa shape index (κ2) is 7.23. The standard InChI is InChI=1S/C7H13O2.BrH.Zn/c1-5-6(8)9-7(2,3)4;;/h1,5H2,2-4H3;1H;/q-1;;+2/p-1. The first-order valence-electron chi connectivity index (χ1n) is 3.23. The van der Waals surface area contributed by atoms with E-state index in [1.54, 1.807) is 0 Å². The molecule has 4 heteroatoms. The fraction of sp³-hybridized carbons (Fsp3) is 0.714. The second-order valence-corrected chi connectivity index (χ2v) is 2.84. The van der Waals surface area contributed by atoms with Gasteiger partial charge in [-0.15, -0.1) is 0 Å².